The van der Waals surface area contributed by atoms with E-state index in [1.807, 2.05) is 125 Å². The van der Waals surface area contributed by atoms with Crippen LogP contribution in [-0.2, 0) is 10.8 Å². The predicted octanol–water partition coefficient (Wildman–Crippen LogP) is 23.9. The lowest BCUT2D eigenvalue weighted by Crippen LogP contribution is -2.30. The summed E-state index contributed by atoms with van der Waals surface area (Å²) >= 11 is 0. The van der Waals surface area contributed by atoms with Gasteiger partial charge in [-0.2, -0.15) is 0 Å². The number of hydrogen-bond donors (Lipinski definition) is 0. The average molecular weight is 1080 g/mol. The highest BCUT2D eigenvalue weighted by Crippen LogP contribution is 2.63. The van der Waals surface area contributed by atoms with Crippen LogP contribution in [0.15, 0.2) is 224 Å². The van der Waals surface area contributed by atoms with Crippen LogP contribution >= 0.6 is 0 Å². The standard InChI is InChI=1S/C61H50N2.9C2H6/c1-4-62(3)48-35-37-51-53-41-58-54(42-57(53)60(55(51)39-48,44-25-13-7-14-26-44)45-27-15-8-16-28-45)52-38-36-49(63(5-2)59-34-22-21-33-50(59)43-23-11-6-12-24-43)40-56(52)61(58,46-29-17-9-18-30-46)47-31-19-10-20-32-47;9*1-2/h6-42H,4-5H2,1-3H3;9*1-2H3. The van der Waals surface area contributed by atoms with Crippen LogP contribution in [0.3, 0.4) is 0 Å². The molecule has 0 atom stereocenters. The summed E-state index contributed by atoms with van der Waals surface area (Å²) in [5, 5.41) is 0. The van der Waals surface area contributed by atoms with Crippen LogP contribution in [0.5, 0.6) is 0 Å². The SMILES string of the molecule is CC.CC.CC.CC.CC.CC.CC.CC.CC.CCN(C)c1ccc2c(c1)C(c1ccccc1)(c1ccccc1)c1cc3c(cc1-2)C(c1ccccc1)(c1ccccc1)c1cc(N(CC)c2ccccc2-c2ccccc2)ccc1-3. The van der Waals surface area contributed by atoms with E-state index in [-0.39, 0.29) is 0 Å². The summed E-state index contributed by atoms with van der Waals surface area (Å²) in [5.41, 5.74) is 20.4. The molecule has 430 valence electrons. The highest BCUT2D eigenvalue weighted by Gasteiger charge is 2.51. The van der Waals surface area contributed by atoms with Crippen molar-refractivity contribution in [3.8, 4) is 33.4 Å². The molecule has 0 heterocycles. The second-order valence-electron chi connectivity index (χ2n) is 17.0. The van der Waals surface area contributed by atoms with Crippen LogP contribution in [0.4, 0.5) is 17.1 Å². The number of rotatable bonds is 10. The van der Waals surface area contributed by atoms with Crippen LogP contribution in [-0.4, -0.2) is 20.1 Å². The average Bonchev–Trinajstić information content (AvgIpc) is 2.05. The molecule has 2 aliphatic carbocycles. The van der Waals surface area contributed by atoms with Crippen molar-refractivity contribution < 1.29 is 0 Å². The topological polar surface area (TPSA) is 6.48 Å². The van der Waals surface area contributed by atoms with E-state index in [9.17, 15) is 0 Å². The quantitative estimate of drug-likeness (QED) is 0.135. The fourth-order valence-corrected chi connectivity index (χ4v) is 11.1. The van der Waals surface area contributed by atoms with Crippen molar-refractivity contribution in [2.24, 2.45) is 0 Å². The molecule has 0 aromatic heterocycles. The molecule has 0 radical (unpaired) electrons. The van der Waals surface area contributed by atoms with E-state index in [0.29, 0.717) is 0 Å². The molecule has 0 aliphatic heterocycles. The van der Waals surface area contributed by atoms with Crippen LogP contribution < -0.4 is 9.80 Å². The molecule has 81 heavy (non-hydrogen) atoms. The van der Waals surface area contributed by atoms with Gasteiger partial charge < -0.3 is 9.80 Å². The number of anilines is 3. The van der Waals surface area contributed by atoms with E-state index < -0.39 is 10.8 Å². The first-order chi connectivity index (χ1) is 40.1. The maximum Gasteiger partial charge on any atom is 0.0714 e. The van der Waals surface area contributed by atoms with Crippen molar-refractivity contribution >= 4 is 17.1 Å². The third-order valence-corrected chi connectivity index (χ3v) is 14.0. The molecule has 0 unspecified atom stereocenters. The van der Waals surface area contributed by atoms with Crippen LogP contribution in [0.1, 0.15) is 183 Å². The molecule has 2 aliphatic rings. The zero-order valence-electron chi connectivity index (χ0n) is 54.2. The molecule has 0 amide bonds. The maximum atomic E-state index is 2.59. The van der Waals surface area contributed by atoms with Crippen LogP contribution in [0.2, 0.25) is 0 Å². The second-order valence-corrected chi connectivity index (χ2v) is 17.0. The third kappa shape index (κ3) is 13.8. The van der Waals surface area contributed by atoms with E-state index in [4.69, 9.17) is 0 Å². The lowest BCUT2D eigenvalue weighted by molar-refractivity contribution is 0.758. The van der Waals surface area contributed by atoms with Crippen molar-refractivity contribution in [2.45, 2.75) is 149 Å². The summed E-state index contributed by atoms with van der Waals surface area (Å²) in [7, 11) is 2.20. The molecular formula is C79H104N2. The molecule has 0 fully saturated rings. The number of nitrogens with zero attached hydrogens (tertiary/aromatic N) is 2. The Bertz CT molecular complexity index is 3010. The highest BCUT2D eigenvalue weighted by atomic mass is 15.1. The Morgan fingerprint density at radius 3 is 0.914 bits per heavy atom. The summed E-state index contributed by atoms with van der Waals surface area (Å²) in [6.07, 6.45) is 0. The van der Waals surface area contributed by atoms with E-state index in [2.05, 4.69) is 255 Å². The van der Waals surface area contributed by atoms with Crippen molar-refractivity contribution in [2.75, 3.05) is 29.9 Å². The van der Waals surface area contributed by atoms with Crippen LogP contribution in [0.25, 0.3) is 33.4 Å². The highest BCUT2D eigenvalue weighted by molar-refractivity contribution is 5.96. The molecule has 0 bridgehead atoms. The number of para-hydroxylation sites is 1. The van der Waals surface area contributed by atoms with E-state index in [1.54, 1.807) is 0 Å². The molecule has 0 saturated carbocycles. The molecule has 0 saturated heterocycles. The Morgan fingerprint density at radius 1 is 0.272 bits per heavy atom. The lowest BCUT2D eigenvalue weighted by Gasteiger charge is -2.36. The number of benzene rings is 9. The summed E-state index contributed by atoms with van der Waals surface area (Å²) in [6, 6.07) is 84.2. The van der Waals surface area contributed by atoms with Crippen molar-refractivity contribution in [1.29, 1.82) is 0 Å². The first kappa shape index (κ1) is 69.7. The van der Waals surface area contributed by atoms with Gasteiger partial charge in [-0.15, -0.1) is 0 Å². The first-order valence-electron chi connectivity index (χ1n) is 31.4. The third-order valence-electron chi connectivity index (χ3n) is 14.0. The Morgan fingerprint density at radius 2 is 0.568 bits per heavy atom. The molecular weight excluding hydrogens is 977 g/mol. The molecule has 2 heteroatoms. The summed E-state index contributed by atoms with van der Waals surface area (Å²) in [5.74, 6) is 0. The number of fused-ring (bicyclic) bond motifs is 6. The van der Waals surface area contributed by atoms with E-state index in [1.165, 1.54) is 95.0 Å². The Labute approximate surface area is 496 Å². The Hall–Kier alpha value is -7.42. The van der Waals surface area contributed by atoms with Gasteiger partial charge in [-0.25, -0.2) is 0 Å². The minimum Gasteiger partial charge on any atom is -0.375 e. The predicted molar refractivity (Wildman–Crippen MR) is 367 cm³/mol. The molecule has 0 spiro atoms. The van der Waals surface area contributed by atoms with Gasteiger partial charge in [-0.3, -0.25) is 0 Å². The zero-order valence-corrected chi connectivity index (χ0v) is 54.2. The second kappa shape index (κ2) is 36.8. The van der Waals surface area contributed by atoms with Gasteiger partial charge in [0.25, 0.3) is 0 Å². The van der Waals surface area contributed by atoms with Gasteiger partial charge in [0.15, 0.2) is 0 Å². The van der Waals surface area contributed by atoms with Crippen LogP contribution in [0, 0.1) is 0 Å². The molecule has 11 rings (SSSR count). The molecule has 2 nitrogen and oxygen atoms in total. The Balaban J connectivity index is 0.00000114. The van der Waals surface area contributed by atoms with Gasteiger partial charge in [0, 0.05) is 42.8 Å². The van der Waals surface area contributed by atoms with Crippen molar-refractivity contribution in [1.82, 2.24) is 0 Å². The van der Waals surface area contributed by atoms with Gasteiger partial charge in [-0.1, -0.05) is 307 Å². The fraction of sp³-hybridized carbons (Fsp3) is 0.316. The first-order valence-corrected chi connectivity index (χ1v) is 31.4. The minimum atomic E-state index is -0.593. The summed E-state index contributed by atoms with van der Waals surface area (Å²) in [4.78, 5) is 4.84. The minimum absolute atomic E-state index is 0.544. The maximum absolute atomic E-state index is 2.59. The van der Waals surface area contributed by atoms with Gasteiger partial charge in [0.2, 0.25) is 0 Å². The summed E-state index contributed by atoms with van der Waals surface area (Å²) < 4.78 is 0. The fourth-order valence-electron chi connectivity index (χ4n) is 11.1. The van der Waals surface area contributed by atoms with Gasteiger partial charge in [0.05, 0.1) is 10.8 Å². The van der Waals surface area contributed by atoms with E-state index in [0.717, 1.165) is 13.1 Å². The van der Waals surface area contributed by atoms with E-state index >= 15 is 0 Å². The van der Waals surface area contributed by atoms with Gasteiger partial charge in [-0.05, 0) is 129 Å². The lowest BCUT2D eigenvalue weighted by atomic mass is 9.66. The molecule has 0 N–H and O–H groups in total. The number of hydrogen-bond acceptors (Lipinski definition) is 2. The van der Waals surface area contributed by atoms with Crippen molar-refractivity contribution in [3.05, 3.63) is 269 Å². The van der Waals surface area contributed by atoms with Gasteiger partial charge in [0.1, 0.15) is 0 Å². The largest absolute Gasteiger partial charge is 0.375 e. The van der Waals surface area contributed by atoms with Gasteiger partial charge >= 0.3 is 0 Å². The monoisotopic (exact) mass is 1080 g/mol. The Kier molecular flexibility index (Phi) is 31.6. The van der Waals surface area contributed by atoms with Crippen molar-refractivity contribution in [3.63, 3.8) is 0 Å². The molecule has 9 aromatic rings. The smallest absolute Gasteiger partial charge is 0.0714 e. The summed E-state index contributed by atoms with van der Waals surface area (Å²) in [6.45, 7) is 42.2. The zero-order chi connectivity index (χ0) is 60.5. The normalized spacial score (nSPS) is 11.3. The molecule has 9 aromatic carbocycles.